The SMILES string of the molecule is Cc1ncc(C(=O)N2CC[C@@](O)(c3ccccc3)[C@H]3CCCC[C@H]32)c(=O)[nH]1. The summed E-state index contributed by atoms with van der Waals surface area (Å²) in [7, 11) is 0. The van der Waals surface area contributed by atoms with E-state index in [1.54, 1.807) is 11.8 Å². The third-order valence-corrected chi connectivity index (χ3v) is 6.17. The average molecular weight is 367 g/mol. The fraction of sp³-hybridized carbons (Fsp3) is 0.476. The van der Waals surface area contributed by atoms with Gasteiger partial charge in [-0.25, -0.2) is 4.98 Å². The van der Waals surface area contributed by atoms with E-state index in [-0.39, 0.29) is 23.4 Å². The number of carbonyl (C=O) groups is 1. The number of nitrogens with one attached hydrogen (secondary N) is 1. The number of fused-ring (bicyclic) bond motifs is 1. The minimum Gasteiger partial charge on any atom is -0.385 e. The van der Waals surface area contributed by atoms with E-state index in [9.17, 15) is 14.7 Å². The molecule has 1 aliphatic heterocycles. The summed E-state index contributed by atoms with van der Waals surface area (Å²) in [5.74, 6) is 0.184. The Morgan fingerprint density at radius 1 is 1.26 bits per heavy atom. The van der Waals surface area contributed by atoms with Crippen LogP contribution in [0, 0.1) is 12.8 Å². The number of aromatic amines is 1. The van der Waals surface area contributed by atoms with Gasteiger partial charge in [0.2, 0.25) is 0 Å². The molecule has 1 aliphatic carbocycles. The Kier molecular flexibility index (Phi) is 4.60. The van der Waals surface area contributed by atoms with Crippen LogP contribution < -0.4 is 5.56 Å². The van der Waals surface area contributed by atoms with Crippen molar-refractivity contribution in [3.8, 4) is 0 Å². The molecule has 0 bridgehead atoms. The van der Waals surface area contributed by atoms with E-state index in [0.717, 1.165) is 31.2 Å². The zero-order valence-electron chi connectivity index (χ0n) is 15.5. The summed E-state index contributed by atoms with van der Waals surface area (Å²) >= 11 is 0. The zero-order valence-corrected chi connectivity index (χ0v) is 15.5. The van der Waals surface area contributed by atoms with Crippen LogP contribution in [0.25, 0.3) is 0 Å². The lowest BCUT2D eigenvalue weighted by atomic mass is 9.66. The molecule has 2 fully saturated rings. The highest BCUT2D eigenvalue weighted by atomic mass is 16.3. The number of hydrogen-bond donors (Lipinski definition) is 2. The molecule has 142 valence electrons. The number of likely N-dealkylation sites (tertiary alicyclic amines) is 1. The molecule has 1 saturated carbocycles. The summed E-state index contributed by atoms with van der Waals surface area (Å²) in [5.41, 5.74) is -0.330. The number of hydrogen-bond acceptors (Lipinski definition) is 4. The monoisotopic (exact) mass is 367 g/mol. The molecular formula is C21H25N3O3. The number of amides is 1. The molecule has 27 heavy (non-hydrogen) atoms. The number of aryl methyl sites for hydroxylation is 1. The third kappa shape index (κ3) is 3.08. The van der Waals surface area contributed by atoms with Gasteiger partial charge in [-0.15, -0.1) is 0 Å². The summed E-state index contributed by atoms with van der Waals surface area (Å²) in [6, 6.07) is 9.71. The van der Waals surface area contributed by atoms with Gasteiger partial charge in [-0.3, -0.25) is 9.59 Å². The number of carbonyl (C=O) groups excluding carboxylic acids is 1. The number of nitrogens with zero attached hydrogens (tertiary/aromatic N) is 2. The van der Waals surface area contributed by atoms with Gasteiger partial charge in [0.1, 0.15) is 11.4 Å². The van der Waals surface area contributed by atoms with Gasteiger partial charge in [0, 0.05) is 24.7 Å². The maximum atomic E-state index is 13.1. The van der Waals surface area contributed by atoms with Crippen molar-refractivity contribution in [1.29, 1.82) is 0 Å². The molecule has 0 spiro atoms. The lowest BCUT2D eigenvalue weighted by Gasteiger charge is -2.52. The highest BCUT2D eigenvalue weighted by Gasteiger charge is 2.50. The van der Waals surface area contributed by atoms with E-state index in [1.165, 1.54) is 6.20 Å². The van der Waals surface area contributed by atoms with Gasteiger partial charge in [0.25, 0.3) is 11.5 Å². The third-order valence-electron chi connectivity index (χ3n) is 6.17. The predicted molar refractivity (Wildman–Crippen MR) is 101 cm³/mol. The molecule has 0 radical (unpaired) electrons. The summed E-state index contributed by atoms with van der Waals surface area (Å²) in [4.78, 5) is 33.8. The minimum absolute atomic E-state index is 0.0242. The van der Waals surface area contributed by atoms with Gasteiger partial charge in [-0.2, -0.15) is 0 Å². The Balaban J connectivity index is 1.67. The Morgan fingerprint density at radius 3 is 2.74 bits per heavy atom. The fourth-order valence-corrected chi connectivity index (χ4v) is 4.81. The molecule has 3 atom stereocenters. The molecule has 1 saturated heterocycles. The van der Waals surface area contributed by atoms with Crippen LogP contribution in [0.4, 0.5) is 0 Å². The van der Waals surface area contributed by atoms with Gasteiger partial charge in [0.05, 0.1) is 5.60 Å². The number of benzene rings is 1. The topological polar surface area (TPSA) is 86.3 Å². The van der Waals surface area contributed by atoms with Crippen LogP contribution in [0.15, 0.2) is 41.3 Å². The molecule has 2 aliphatic rings. The summed E-state index contributed by atoms with van der Waals surface area (Å²) in [6.45, 7) is 2.12. The van der Waals surface area contributed by atoms with Crippen LogP contribution in [0.3, 0.4) is 0 Å². The molecule has 2 heterocycles. The van der Waals surface area contributed by atoms with E-state index in [1.807, 2.05) is 30.3 Å². The first kappa shape index (κ1) is 17.9. The van der Waals surface area contributed by atoms with Crippen LogP contribution in [0.1, 0.15) is 53.8 Å². The van der Waals surface area contributed by atoms with Crippen LogP contribution >= 0.6 is 0 Å². The summed E-state index contributed by atoms with van der Waals surface area (Å²) in [5, 5.41) is 11.6. The maximum Gasteiger partial charge on any atom is 0.263 e. The number of aromatic nitrogens is 2. The highest BCUT2D eigenvalue weighted by molar-refractivity contribution is 5.93. The number of piperidine rings is 1. The summed E-state index contributed by atoms with van der Waals surface area (Å²) in [6.07, 6.45) is 5.64. The fourth-order valence-electron chi connectivity index (χ4n) is 4.81. The first-order chi connectivity index (χ1) is 13.0. The number of rotatable bonds is 2. The quantitative estimate of drug-likeness (QED) is 0.853. The van der Waals surface area contributed by atoms with Gasteiger partial charge in [-0.05, 0) is 31.7 Å². The Hall–Kier alpha value is -2.47. The van der Waals surface area contributed by atoms with Crippen molar-refractivity contribution in [3.05, 3.63) is 63.8 Å². The maximum absolute atomic E-state index is 13.1. The number of H-pyrrole nitrogens is 1. The summed E-state index contributed by atoms with van der Waals surface area (Å²) < 4.78 is 0. The standard InChI is InChI=1S/C21H25N3O3/c1-14-22-13-16(19(25)23-14)20(26)24-12-11-21(27,15-7-3-2-4-8-15)17-9-5-6-10-18(17)24/h2-4,7-8,13,17-18,27H,5-6,9-12H2,1H3,(H,22,23,25)/t17-,18+,21+/m0/s1. The van der Waals surface area contributed by atoms with Crippen LogP contribution in [0.5, 0.6) is 0 Å². The second-order valence-corrected chi connectivity index (χ2v) is 7.71. The van der Waals surface area contributed by atoms with E-state index >= 15 is 0 Å². The van der Waals surface area contributed by atoms with Crippen molar-refractivity contribution in [1.82, 2.24) is 14.9 Å². The minimum atomic E-state index is -0.929. The molecule has 6 nitrogen and oxygen atoms in total. The van der Waals surface area contributed by atoms with Crippen molar-refractivity contribution in [2.24, 2.45) is 5.92 Å². The van der Waals surface area contributed by atoms with Crippen molar-refractivity contribution >= 4 is 5.91 Å². The largest absolute Gasteiger partial charge is 0.385 e. The van der Waals surface area contributed by atoms with Gasteiger partial charge >= 0.3 is 0 Å². The van der Waals surface area contributed by atoms with E-state index in [4.69, 9.17) is 0 Å². The first-order valence-electron chi connectivity index (χ1n) is 9.65. The van der Waals surface area contributed by atoms with Crippen molar-refractivity contribution in [2.45, 2.75) is 50.7 Å². The van der Waals surface area contributed by atoms with Crippen molar-refractivity contribution in [3.63, 3.8) is 0 Å². The highest BCUT2D eigenvalue weighted by Crippen LogP contribution is 2.47. The van der Waals surface area contributed by atoms with Gasteiger partial charge < -0.3 is 15.0 Å². The lowest BCUT2D eigenvalue weighted by molar-refractivity contribution is -0.110. The van der Waals surface area contributed by atoms with Crippen LogP contribution in [-0.4, -0.2) is 38.5 Å². The molecular weight excluding hydrogens is 342 g/mol. The Morgan fingerprint density at radius 2 is 2.00 bits per heavy atom. The molecule has 1 aromatic heterocycles. The van der Waals surface area contributed by atoms with Crippen LogP contribution in [-0.2, 0) is 5.60 Å². The molecule has 2 aromatic rings. The predicted octanol–water partition coefficient (Wildman–Crippen LogP) is 2.37. The molecule has 1 aromatic carbocycles. The van der Waals surface area contributed by atoms with Crippen molar-refractivity contribution < 1.29 is 9.90 Å². The van der Waals surface area contributed by atoms with E-state index in [0.29, 0.717) is 18.8 Å². The zero-order chi connectivity index (χ0) is 19.0. The van der Waals surface area contributed by atoms with E-state index < -0.39 is 11.2 Å². The van der Waals surface area contributed by atoms with Crippen molar-refractivity contribution in [2.75, 3.05) is 6.54 Å². The van der Waals surface area contributed by atoms with Gasteiger partial charge in [0.15, 0.2) is 0 Å². The molecule has 0 unspecified atom stereocenters. The normalized spacial score (nSPS) is 27.9. The van der Waals surface area contributed by atoms with E-state index in [2.05, 4.69) is 9.97 Å². The second kappa shape index (κ2) is 6.93. The molecule has 1 amide bonds. The smallest absolute Gasteiger partial charge is 0.263 e. The first-order valence-corrected chi connectivity index (χ1v) is 9.65. The Bertz CT molecular complexity index is 895. The van der Waals surface area contributed by atoms with Crippen LogP contribution in [0.2, 0.25) is 0 Å². The molecule has 2 N–H and O–H groups in total. The lowest BCUT2D eigenvalue weighted by Crippen LogP contribution is -2.59. The van der Waals surface area contributed by atoms with Gasteiger partial charge in [-0.1, -0.05) is 43.2 Å². The molecule has 4 rings (SSSR count). The molecule has 6 heteroatoms. The average Bonchev–Trinajstić information content (AvgIpc) is 2.69. The Labute approximate surface area is 158 Å². The number of aliphatic hydroxyl groups is 1. The second-order valence-electron chi connectivity index (χ2n) is 7.71.